The number of nitrogens with two attached hydrogens (primary N) is 2. The molecule has 21 N–H and O–H groups in total. The second-order valence-corrected chi connectivity index (χ2v) is 30.9. The van der Waals surface area contributed by atoms with E-state index < -0.39 is 193 Å². The number of carboxylic acid groups (broad SMARTS) is 2. The van der Waals surface area contributed by atoms with E-state index in [0.717, 1.165) is 0 Å². The highest BCUT2D eigenvalue weighted by Crippen LogP contribution is 2.22. The molecule has 0 saturated heterocycles. The zero-order chi connectivity index (χ0) is 84.5. The number of fused-ring (bicyclic) bond motifs is 1. The summed E-state index contributed by atoms with van der Waals surface area (Å²) in [6.07, 6.45) is 0.701. The van der Waals surface area contributed by atoms with Gasteiger partial charge in [0.05, 0.1) is 12.6 Å². The van der Waals surface area contributed by atoms with E-state index in [2.05, 4.69) is 68.8 Å². The van der Waals surface area contributed by atoms with Crippen molar-refractivity contribution in [2.24, 2.45) is 47.0 Å². The minimum absolute atomic E-state index is 0.0461. The summed E-state index contributed by atoms with van der Waals surface area (Å²) < 4.78 is 0. The van der Waals surface area contributed by atoms with Crippen molar-refractivity contribution in [2.45, 2.75) is 246 Å². The van der Waals surface area contributed by atoms with Gasteiger partial charge in [-0.2, -0.15) is 0 Å². The molecular weight excluding hydrogens is 1460 g/mol. The van der Waals surface area contributed by atoms with Crippen LogP contribution in [0.5, 0.6) is 5.75 Å². The molecule has 113 heavy (non-hydrogen) atoms. The van der Waals surface area contributed by atoms with Crippen LogP contribution in [0.25, 0.3) is 10.9 Å². The van der Waals surface area contributed by atoms with E-state index in [1.807, 2.05) is 13.8 Å². The molecule has 0 aliphatic heterocycles. The first-order valence-corrected chi connectivity index (χ1v) is 38.8. The zero-order valence-corrected chi connectivity index (χ0v) is 67.1. The number of nitrogens with one attached hydrogen (secondary N) is 13. The van der Waals surface area contributed by atoms with Gasteiger partial charge in [-0.05, 0) is 129 Å². The Labute approximate surface area is 660 Å². The minimum Gasteiger partial charge on any atom is -0.508 e. The van der Waals surface area contributed by atoms with Crippen molar-refractivity contribution < 1.29 is 87.5 Å². The summed E-state index contributed by atoms with van der Waals surface area (Å²) in [5, 5.41) is 72.7. The lowest BCUT2D eigenvalue weighted by Crippen LogP contribution is -2.62. The number of phenols is 1. The van der Waals surface area contributed by atoms with Crippen LogP contribution in [0.4, 0.5) is 0 Å². The van der Waals surface area contributed by atoms with Gasteiger partial charge in [-0.3, -0.25) is 62.3 Å². The molecule has 0 fully saturated rings. The molecule has 4 aromatic rings. The number of aliphatic hydroxyl groups excluding tert-OH is 1. The fraction of sp³-hybridized carbons (Fsp3) is 0.575. The Balaban J connectivity index is 1.69. The van der Waals surface area contributed by atoms with Gasteiger partial charge in [-0.25, -0.2) is 4.79 Å². The van der Waals surface area contributed by atoms with Crippen molar-refractivity contribution in [3.05, 3.63) is 102 Å². The van der Waals surface area contributed by atoms with E-state index in [1.165, 1.54) is 31.2 Å². The Morgan fingerprint density at radius 3 is 1.35 bits per heavy atom. The highest BCUT2D eigenvalue weighted by molar-refractivity contribution is 6.00. The smallest absolute Gasteiger partial charge is 0.326 e. The number of aromatic amines is 1. The molecule has 0 bridgehead atoms. The molecule has 14 atom stereocenters. The van der Waals surface area contributed by atoms with Gasteiger partial charge in [0.1, 0.15) is 78.3 Å². The lowest BCUT2D eigenvalue weighted by Gasteiger charge is -2.30. The van der Waals surface area contributed by atoms with Crippen molar-refractivity contribution in [2.75, 3.05) is 13.2 Å². The van der Waals surface area contributed by atoms with Crippen LogP contribution in [0.3, 0.4) is 0 Å². The number of aromatic nitrogens is 1. The van der Waals surface area contributed by atoms with Crippen LogP contribution in [-0.2, 0) is 86.4 Å². The first-order valence-electron chi connectivity index (χ1n) is 38.8. The predicted molar refractivity (Wildman–Crippen MR) is 423 cm³/mol. The average molecular weight is 1580 g/mol. The summed E-state index contributed by atoms with van der Waals surface area (Å²) in [7, 11) is 0. The third kappa shape index (κ3) is 31.9. The van der Waals surface area contributed by atoms with E-state index in [-0.39, 0.29) is 87.3 Å². The molecule has 1 aromatic heterocycles. The normalized spacial score (nSPS) is 15.2. The molecule has 3 aromatic carbocycles. The number of hydrogen-bond donors (Lipinski definition) is 19. The van der Waals surface area contributed by atoms with Crippen molar-refractivity contribution in [3.63, 3.8) is 0 Å². The number of benzene rings is 3. The largest absolute Gasteiger partial charge is 0.508 e. The summed E-state index contributed by atoms with van der Waals surface area (Å²) in [6.45, 7) is 21.5. The Bertz CT molecular complexity index is 3830. The fourth-order valence-electron chi connectivity index (χ4n) is 12.3. The third-order valence-electron chi connectivity index (χ3n) is 19.1. The van der Waals surface area contributed by atoms with Crippen LogP contribution in [0.15, 0.2) is 85.1 Å². The lowest BCUT2D eigenvalue weighted by atomic mass is 9.96. The number of amides is 12. The zero-order valence-electron chi connectivity index (χ0n) is 67.1. The molecule has 0 saturated carbocycles. The number of carbonyl (C=O) groups excluding carboxylic acids is 12. The molecule has 0 aliphatic rings. The molecule has 0 unspecified atom stereocenters. The number of phenolic OH excluding ortho intramolecular Hbond substituents is 1. The van der Waals surface area contributed by atoms with Crippen molar-refractivity contribution in [3.8, 4) is 5.75 Å². The van der Waals surface area contributed by atoms with Gasteiger partial charge in [0, 0.05) is 42.8 Å². The average Bonchev–Trinajstić information content (AvgIpc) is 1.23. The summed E-state index contributed by atoms with van der Waals surface area (Å²) in [6, 6.07) is 2.86. The molecule has 33 heteroatoms. The minimum atomic E-state index is -1.77. The van der Waals surface area contributed by atoms with Crippen LogP contribution in [0.2, 0.25) is 0 Å². The molecule has 0 aliphatic carbocycles. The van der Waals surface area contributed by atoms with Gasteiger partial charge in [0.2, 0.25) is 70.9 Å². The molecule has 0 spiro atoms. The summed E-state index contributed by atoms with van der Waals surface area (Å²) in [5.41, 5.74) is 14.0. The molecule has 4 rings (SSSR count). The van der Waals surface area contributed by atoms with E-state index in [1.54, 1.807) is 130 Å². The maximum atomic E-state index is 15.2. The van der Waals surface area contributed by atoms with Crippen LogP contribution in [0.1, 0.15) is 164 Å². The number of aromatic hydroxyl groups is 1. The first kappa shape index (κ1) is 94.8. The number of H-pyrrole nitrogens is 1. The van der Waals surface area contributed by atoms with Gasteiger partial charge in [0.15, 0.2) is 0 Å². The van der Waals surface area contributed by atoms with Gasteiger partial charge >= 0.3 is 11.9 Å². The SMILES string of the molecule is CC[C@H](C)[C@H](NC(=O)[C@H](C)NC(=O)[C@H](Cc1ccccc1)NC(=O)[C@H](CO)NC(=O)[C@@H](N)C(C)C)C(=O)N[C@@H](CCCCN)C(=O)N[C@@H](Cc1c[nH]c2ccccc12)C(=O)N[C@@H](CCC(=O)O)C(=O)N[C@@H](Cc1ccc(O)cc1)C(=O)N[C@H](C(=O)N[C@@H](CC(C)C)C(=O)N[C@@H](CC(C)C)C(=O)N[C@@H](CC(C)C)C(=O)O)C(C)C. The van der Waals surface area contributed by atoms with E-state index >= 15 is 9.59 Å². The molecule has 624 valence electrons. The van der Waals surface area contributed by atoms with Crippen LogP contribution < -0.4 is 75.3 Å². The van der Waals surface area contributed by atoms with Gasteiger partial charge in [0.25, 0.3) is 0 Å². The maximum absolute atomic E-state index is 15.2. The second kappa shape index (κ2) is 47.1. The van der Waals surface area contributed by atoms with Gasteiger partial charge < -0.3 is 101 Å². The molecule has 12 amide bonds. The van der Waals surface area contributed by atoms with Crippen LogP contribution >= 0.6 is 0 Å². The topological polar surface area (TPSA) is 532 Å². The monoisotopic (exact) mass is 1580 g/mol. The number of carbonyl (C=O) groups is 14. The number of carboxylic acids is 2. The number of unbranched alkanes of at least 4 members (excludes halogenated alkanes) is 1. The lowest BCUT2D eigenvalue weighted by molar-refractivity contribution is -0.143. The summed E-state index contributed by atoms with van der Waals surface area (Å²) >= 11 is 0. The quantitative estimate of drug-likeness (QED) is 0.0279. The second-order valence-electron chi connectivity index (χ2n) is 30.9. The third-order valence-corrected chi connectivity index (χ3v) is 19.1. The number of hydrogen-bond acceptors (Lipinski definition) is 18. The number of para-hydroxylation sites is 1. The Morgan fingerprint density at radius 1 is 0.416 bits per heavy atom. The van der Waals surface area contributed by atoms with Crippen molar-refractivity contribution >= 4 is 93.7 Å². The van der Waals surface area contributed by atoms with Gasteiger partial charge in [-0.15, -0.1) is 0 Å². The Kier molecular flexibility index (Phi) is 39.5. The van der Waals surface area contributed by atoms with Crippen molar-refractivity contribution in [1.82, 2.24) is 68.8 Å². The highest BCUT2D eigenvalue weighted by Gasteiger charge is 2.39. The van der Waals surface area contributed by atoms with Gasteiger partial charge in [-0.1, -0.05) is 150 Å². The predicted octanol–water partition coefficient (Wildman–Crippen LogP) is 1.63. The first-order chi connectivity index (χ1) is 53.3. The molecule has 0 radical (unpaired) electrons. The van der Waals surface area contributed by atoms with Crippen molar-refractivity contribution in [1.29, 1.82) is 0 Å². The number of aliphatic carboxylic acids is 2. The van der Waals surface area contributed by atoms with E-state index in [4.69, 9.17) is 11.5 Å². The Hall–Kier alpha value is -10.5. The van der Waals surface area contributed by atoms with Crippen LogP contribution in [-0.4, -0.2) is 200 Å². The number of rotatable bonds is 49. The summed E-state index contributed by atoms with van der Waals surface area (Å²) in [4.78, 5) is 200. The van der Waals surface area contributed by atoms with Crippen LogP contribution in [0, 0.1) is 35.5 Å². The highest BCUT2D eigenvalue weighted by atomic mass is 16.4. The maximum Gasteiger partial charge on any atom is 0.326 e. The van der Waals surface area contributed by atoms with E-state index in [0.29, 0.717) is 40.4 Å². The number of aliphatic hydroxyl groups is 1. The molecule has 33 nitrogen and oxygen atoms in total. The molecule has 1 heterocycles. The Morgan fingerprint density at radius 2 is 0.832 bits per heavy atom. The fourth-order valence-corrected chi connectivity index (χ4v) is 12.3. The van der Waals surface area contributed by atoms with E-state index in [9.17, 15) is 78.0 Å². The summed E-state index contributed by atoms with van der Waals surface area (Å²) in [5.74, 6) is -15.5. The molecular formula is C80H121N15O18. The standard InChI is InChI=1S/C80H121N15O18/c1-14-47(12)67(95-68(100)48(13)84-71(103)59(37-49-22-16-15-17-23-49)89-76(108)63(41-96)93-77(109)65(82)45(8)9)79(111)86-55(26-20-21-33-81)69(101)90-61(39-51-40-83-54-25-19-18-24-53(51)54)74(106)85-56(31-32-64(98)99)70(102)88-60(38-50-27-29-52(97)30-28-50)75(107)94-66(46(10)11)78(110)91-58(35-43(4)5)72(104)87-57(34-42(2)3)73(105)92-62(80(112)113)36-44(6)7/h15-19,22-25,27-30,40,42-48,55-63,65-67,83,96-97H,14,20-21,26,31-39,41,81-82H2,1-13H3,(H,84,103)(H,85,106)(H,86,111)(H,87,104)(H,88,102)(H,89,108)(H,90,101)(H,91,110)(H,92,105)(H,93,109)(H,94,107)(H,95,100)(H,98,99)(H,112,113)/t47-,48-,55-,56-,57-,58-,59-,60-,61-,62-,63-,65-,66-,67-/m0/s1.